The van der Waals surface area contributed by atoms with Crippen molar-refractivity contribution in [3.63, 3.8) is 0 Å². The number of para-hydroxylation sites is 6. The molecule has 14 heteroatoms. The monoisotopic (exact) mass is 706 g/mol. The Morgan fingerprint density at radius 2 is 0.519 bits per heavy atom. The second-order valence-corrected chi connectivity index (χ2v) is 13.2. The number of benzene rings is 6. The summed E-state index contributed by atoms with van der Waals surface area (Å²) >= 11 is 0. The van der Waals surface area contributed by atoms with Gasteiger partial charge in [-0.05, 0) is 72.8 Å². The molecule has 11 rings (SSSR count). The van der Waals surface area contributed by atoms with Gasteiger partial charge in [-0.15, -0.1) is 20.4 Å². The van der Waals surface area contributed by atoms with Crippen molar-refractivity contribution in [3.8, 4) is 0 Å². The first-order valence-corrected chi connectivity index (χ1v) is 17.7. The summed E-state index contributed by atoms with van der Waals surface area (Å²) in [4.78, 5) is 4.70. The summed E-state index contributed by atoms with van der Waals surface area (Å²) in [5.41, 5.74) is 8.35. The molecule has 14 nitrogen and oxygen atoms in total. The molecule has 1 fully saturated rings. The van der Waals surface area contributed by atoms with E-state index < -0.39 is 24.7 Å². The molecule has 0 amide bonds. The first-order chi connectivity index (χ1) is 26.8. The lowest BCUT2D eigenvalue weighted by molar-refractivity contribution is 0.112. The Morgan fingerprint density at radius 1 is 0.278 bits per heavy atom. The van der Waals surface area contributed by atoms with Crippen LogP contribution in [0.15, 0.2) is 158 Å². The Kier molecular flexibility index (Phi) is 6.73. The van der Waals surface area contributed by atoms with E-state index in [1.807, 2.05) is 128 Å². The average molecular weight is 707 g/mol. The van der Waals surface area contributed by atoms with Crippen LogP contribution in [0, 0.1) is 0 Å². The maximum atomic E-state index is 4.94. The number of piperazine rings is 1. The van der Waals surface area contributed by atoms with E-state index >= 15 is 0 Å². The number of hydrogen-bond acceptors (Lipinski definition) is 10. The number of fused-ring (bicyclic) bond motifs is 4. The van der Waals surface area contributed by atoms with Crippen LogP contribution < -0.4 is 9.80 Å². The number of rotatable bonds is 6. The van der Waals surface area contributed by atoms with E-state index in [1.165, 1.54) is 0 Å². The number of aromatic nitrogens is 12. The van der Waals surface area contributed by atoms with Crippen LogP contribution in [0.5, 0.6) is 0 Å². The predicted octanol–water partition coefficient (Wildman–Crippen LogP) is 6.79. The zero-order valence-corrected chi connectivity index (χ0v) is 28.6. The Balaban J connectivity index is 1.32. The van der Waals surface area contributed by atoms with Crippen molar-refractivity contribution in [2.75, 3.05) is 9.80 Å². The summed E-state index contributed by atoms with van der Waals surface area (Å²) in [6, 6.07) is 52.8. The van der Waals surface area contributed by atoms with Gasteiger partial charge in [0.1, 0.15) is 22.1 Å². The fourth-order valence-electron chi connectivity index (χ4n) is 8.00. The molecule has 1 saturated heterocycles. The summed E-state index contributed by atoms with van der Waals surface area (Å²) in [6.45, 7) is 0. The largest absolute Gasteiger partial charge is 0.320 e. The van der Waals surface area contributed by atoms with E-state index in [-0.39, 0.29) is 0 Å². The minimum Gasteiger partial charge on any atom is -0.320 e. The van der Waals surface area contributed by atoms with Crippen molar-refractivity contribution in [3.05, 3.63) is 158 Å². The number of anilines is 2. The second-order valence-electron chi connectivity index (χ2n) is 13.2. The summed E-state index contributed by atoms with van der Waals surface area (Å²) in [5, 5.41) is 38.6. The topological polar surface area (TPSA) is 129 Å². The first kappa shape index (κ1) is 30.2. The van der Waals surface area contributed by atoms with Crippen LogP contribution >= 0.6 is 0 Å². The van der Waals surface area contributed by atoms with Crippen LogP contribution in [0.2, 0.25) is 0 Å². The molecule has 1 aliphatic heterocycles. The summed E-state index contributed by atoms with van der Waals surface area (Å²) in [7, 11) is 0. The molecule has 0 aliphatic carbocycles. The summed E-state index contributed by atoms with van der Waals surface area (Å²) in [5.74, 6) is 0. The first-order valence-electron chi connectivity index (χ1n) is 17.7. The van der Waals surface area contributed by atoms with Gasteiger partial charge in [-0.1, -0.05) is 106 Å². The molecule has 260 valence electrons. The molecule has 54 heavy (non-hydrogen) atoms. The second kappa shape index (κ2) is 12.1. The van der Waals surface area contributed by atoms with Gasteiger partial charge in [0.2, 0.25) is 0 Å². The van der Waals surface area contributed by atoms with E-state index in [9.17, 15) is 0 Å². The fourth-order valence-corrected chi connectivity index (χ4v) is 8.00. The highest BCUT2D eigenvalue weighted by molar-refractivity contribution is 5.78. The van der Waals surface area contributed by atoms with Crippen LogP contribution in [0.3, 0.4) is 0 Å². The molecular weight excluding hydrogens is 677 g/mol. The molecule has 0 N–H and O–H groups in total. The molecule has 0 spiro atoms. The van der Waals surface area contributed by atoms with Gasteiger partial charge >= 0.3 is 0 Å². The Hall–Kier alpha value is -7.48. The van der Waals surface area contributed by atoms with Crippen LogP contribution in [0.4, 0.5) is 11.4 Å². The van der Waals surface area contributed by atoms with Crippen LogP contribution in [-0.4, -0.2) is 60.0 Å². The van der Waals surface area contributed by atoms with Crippen LogP contribution in [0.25, 0.3) is 44.1 Å². The van der Waals surface area contributed by atoms with Gasteiger partial charge in [-0.3, -0.25) is 0 Å². The zero-order chi connectivity index (χ0) is 35.6. The normalized spacial score (nSPS) is 19.0. The van der Waals surface area contributed by atoms with Gasteiger partial charge in [-0.25, -0.2) is 18.7 Å². The lowest BCUT2D eigenvalue weighted by Gasteiger charge is -2.56. The highest BCUT2D eigenvalue weighted by Crippen LogP contribution is 2.53. The lowest BCUT2D eigenvalue weighted by Crippen LogP contribution is -2.61. The molecule has 0 saturated carbocycles. The smallest absolute Gasteiger partial charge is 0.168 e. The molecule has 0 bridgehead atoms. The molecule has 4 aromatic heterocycles. The van der Waals surface area contributed by atoms with Gasteiger partial charge in [-0.2, -0.15) is 0 Å². The molecule has 4 unspecified atom stereocenters. The molecule has 0 radical (unpaired) electrons. The fraction of sp³-hybridized carbons (Fsp3) is 0.100. The summed E-state index contributed by atoms with van der Waals surface area (Å²) < 4.78 is 8.00. The van der Waals surface area contributed by atoms with E-state index in [0.29, 0.717) is 0 Å². The molecule has 5 heterocycles. The van der Waals surface area contributed by atoms with E-state index in [0.717, 1.165) is 55.5 Å². The van der Waals surface area contributed by atoms with E-state index in [2.05, 4.69) is 58.3 Å². The third kappa shape index (κ3) is 4.52. The third-order valence-corrected chi connectivity index (χ3v) is 10.3. The molecule has 1 aliphatic rings. The van der Waals surface area contributed by atoms with Crippen molar-refractivity contribution in [2.24, 2.45) is 0 Å². The van der Waals surface area contributed by atoms with Gasteiger partial charge in [0.15, 0.2) is 24.7 Å². The number of nitrogens with zero attached hydrogens (tertiary/aromatic N) is 14. The minimum absolute atomic E-state index is 0.607. The van der Waals surface area contributed by atoms with Crippen molar-refractivity contribution in [1.29, 1.82) is 0 Å². The van der Waals surface area contributed by atoms with Gasteiger partial charge in [0, 0.05) is 11.4 Å². The third-order valence-electron chi connectivity index (χ3n) is 10.3. The van der Waals surface area contributed by atoms with Gasteiger partial charge in [0.25, 0.3) is 0 Å². The Bertz CT molecular complexity index is 2550. The van der Waals surface area contributed by atoms with Crippen LogP contribution in [-0.2, 0) is 0 Å². The highest BCUT2D eigenvalue weighted by Gasteiger charge is 2.54. The molecule has 4 atom stereocenters. The average Bonchev–Trinajstić information content (AvgIpc) is 4.05. The molecule has 10 aromatic rings. The van der Waals surface area contributed by atoms with Crippen LogP contribution in [0.1, 0.15) is 24.7 Å². The van der Waals surface area contributed by atoms with Gasteiger partial charge in [0.05, 0.1) is 22.1 Å². The van der Waals surface area contributed by atoms with Crippen molar-refractivity contribution in [1.82, 2.24) is 60.0 Å². The molecular formula is C40H30N14. The predicted molar refractivity (Wildman–Crippen MR) is 204 cm³/mol. The lowest BCUT2D eigenvalue weighted by atomic mass is 10.0. The highest BCUT2D eigenvalue weighted by atomic mass is 15.7. The van der Waals surface area contributed by atoms with Gasteiger partial charge < -0.3 is 9.80 Å². The maximum Gasteiger partial charge on any atom is 0.168 e. The summed E-state index contributed by atoms with van der Waals surface area (Å²) in [6.07, 6.45) is -2.43. The zero-order valence-electron chi connectivity index (χ0n) is 28.6. The van der Waals surface area contributed by atoms with E-state index in [4.69, 9.17) is 41.2 Å². The van der Waals surface area contributed by atoms with Crippen molar-refractivity contribution >= 4 is 55.5 Å². The van der Waals surface area contributed by atoms with Crippen molar-refractivity contribution < 1.29 is 0 Å². The SMILES string of the molecule is c1ccc(N2C(n3nnc4ccccc43)C(n3nnc4ccccc43)N(c3ccccc3)C(n3nnc4ccccc43)C2n2nnc3ccccc32)cc1. The maximum absolute atomic E-state index is 4.94. The van der Waals surface area contributed by atoms with Crippen molar-refractivity contribution in [2.45, 2.75) is 24.7 Å². The minimum atomic E-state index is -0.607. The molecule has 6 aromatic carbocycles. The quantitative estimate of drug-likeness (QED) is 0.182. The standard InChI is InChI=1S/C40H30N14/c1-3-15-27(16-4-1)49-37(51-33-23-11-7-19-29(33)41-45-51)39(53-35-25-13-9-21-31(35)43-47-53)50(28-17-5-2-6-18-28)40(54-36-26-14-10-22-32(36)44-48-54)38(49)52-34-24-12-8-20-30(34)42-46-52/h1-26,37-40H. The Labute approximate surface area is 307 Å². The number of hydrogen-bond donors (Lipinski definition) is 0. The Morgan fingerprint density at radius 3 is 0.796 bits per heavy atom. The van der Waals surface area contributed by atoms with E-state index in [1.54, 1.807) is 0 Å².